The number of rotatable bonds is 4. The van der Waals surface area contributed by atoms with Gasteiger partial charge in [-0.25, -0.2) is 4.98 Å². The van der Waals surface area contributed by atoms with Gasteiger partial charge < -0.3 is 24.5 Å². The Morgan fingerprint density at radius 1 is 1.00 bits per heavy atom. The van der Waals surface area contributed by atoms with Crippen molar-refractivity contribution in [3.63, 3.8) is 0 Å². The summed E-state index contributed by atoms with van der Waals surface area (Å²) in [6, 6.07) is 12.4. The number of amides is 1. The average Bonchev–Trinajstić information content (AvgIpc) is 3.18. The molecule has 1 aliphatic rings. The molecule has 1 aliphatic heterocycles. The minimum absolute atomic E-state index is 0.236. The van der Waals surface area contributed by atoms with Gasteiger partial charge in [0.05, 0.1) is 18.1 Å². The quantitative estimate of drug-likeness (QED) is 0.758. The van der Waals surface area contributed by atoms with E-state index in [1.165, 1.54) is 6.26 Å². The second-order valence-corrected chi connectivity index (χ2v) is 5.35. The molecule has 3 aromatic rings. The Morgan fingerprint density at radius 2 is 1.84 bits per heavy atom. The summed E-state index contributed by atoms with van der Waals surface area (Å²) in [4.78, 5) is 16.1. The van der Waals surface area contributed by atoms with Crippen LogP contribution in [0.5, 0.6) is 11.5 Å². The number of ether oxygens (including phenoxy) is 2. The highest BCUT2D eigenvalue weighted by Crippen LogP contribution is 2.33. The van der Waals surface area contributed by atoms with E-state index in [9.17, 15) is 4.79 Å². The molecule has 7 heteroatoms. The summed E-state index contributed by atoms with van der Waals surface area (Å²) in [5.74, 6) is 1.79. The molecule has 0 unspecified atom stereocenters. The highest BCUT2D eigenvalue weighted by Gasteiger charge is 2.12. The number of aromatic nitrogens is 1. The molecular weight excluding hydrogens is 322 g/mol. The van der Waals surface area contributed by atoms with Crippen molar-refractivity contribution in [3.8, 4) is 11.5 Å². The third kappa shape index (κ3) is 3.40. The Kier molecular flexibility index (Phi) is 3.96. The van der Waals surface area contributed by atoms with Crippen molar-refractivity contribution in [3.05, 3.63) is 60.7 Å². The van der Waals surface area contributed by atoms with Crippen molar-refractivity contribution in [1.82, 2.24) is 4.98 Å². The van der Waals surface area contributed by atoms with Gasteiger partial charge in [-0.05, 0) is 36.4 Å². The molecule has 7 nitrogen and oxygen atoms in total. The molecule has 0 atom stereocenters. The van der Waals surface area contributed by atoms with E-state index >= 15 is 0 Å². The molecule has 2 aromatic heterocycles. The summed E-state index contributed by atoms with van der Waals surface area (Å²) in [5.41, 5.74) is 1.64. The smallest absolute Gasteiger partial charge is 0.292 e. The van der Waals surface area contributed by atoms with Crippen molar-refractivity contribution >= 4 is 23.1 Å². The molecule has 3 heterocycles. The number of nitrogens with one attached hydrogen (secondary N) is 2. The Bertz CT molecular complexity index is 876. The van der Waals surface area contributed by atoms with Crippen LogP contribution in [0.2, 0.25) is 0 Å². The minimum atomic E-state index is -0.343. The van der Waals surface area contributed by atoms with Gasteiger partial charge in [0.25, 0.3) is 5.91 Å². The van der Waals surface area contributed by atoms with E-state index in [4.69, 9.17) is 13.9 Å². The minimum Gasteiger partial charge on any atom is -0.486 e. The molecule has 2 N–H and O–H groups in total. The molecule has 126 valence electrons. The van der Waals surface area contributed by atoms with Crippen molar-refractivity contribution in [1.29, 1.82) is 0 Å². The highest BCUT2D eigenvalue weighted by molar-refractivity contribution is 6.01. The first-order valence-electron chi connectivity index (χ1n) is 7.75. The maximum absolute atomic E-state index is 11.9. The van der Waals surface area contributed by atoms with Gasteiger partial charge in [0, 0.05) is 11.8 Å². The zero-order chi connectivity index (χ0) is 17.1. The first kappa shape index (κ1) is 15.1. The number of furan rings is 1. The van der Waals surface area contributed by atoms with E-state index in [-0.39, 0.29) is 11.7 Å². The number of hydrogen-bond acceptors (Lipinski definition) is 6. The monoisotopic (exact) mass is 337 g/mol. The van der Waals surface area contributed by atoms with E-state index < -0.39 is 0 Å². The third-order valence-corrected chi connectivity index (χ3v) is 3.58. The number of benzene rings is 1. The summed E-state index contributed by atoms with van der Waals surface area (Å²) >= 11 is 0. The van der Waals surface area contributed by atoms with Crippen molar-refractivity contribution in [2.24, 2.45) is 0 Å². The summed E-state index contributed by atoms with van der Waals surface area (Å²) in [6.07, 6.45) is 3.08. The zero-order valence-corrected chi connectivity index (χ0v) is 13.2. The predicted octanol–water partition coefficient (Wildman–Crippen LogP) is 3.44. The Morgan fingerprint density at radius 3 is 2.60 bits per heavy atom. The van der Waals surface area contributed by atoms with Crippen LogP contribution < -0.4 is 20.1 Å². The van der Waals surface area contributed by atoms with Gasteiger partial charge in [-0.2, -0.15) is 0 Å². The number of carbonyl (C=O) groups is 1. The molecule has 1 aromatic carbocycles. The van der Waals surface area contributed by atoms with Crippen LogP contribution in [-0.2, 0) is 0 Å². The molecule has 0 spiro atoms. The summed E-state index contributed by atoms with van der Waals surface area (Å²) in [6.45, 7) is 1.11. The fourth-order valence-corrected chi connectivity index (χ4v) is 2.42. The fraction of sp³-hybridized carbons (Fsp3) is 0.111. The Labute approximate surface area is 143 Å². The fourth-order valence-electron chi connectivity index (χ4n) is 2.42. The lowest BCUT2D eigenvalue weighted by Crippen LogP contribution is -2.15. The molecule has 0 fully saturated rings. The van der Waals surface area contributed by atoms with Crippen LogP contribution in [0.4, 0.5) is 17.2 Å². The lowest BCUT2D eigenvalue weighted by atomic mass is 10.2. The first-order valence-corrected chi connectivity index (χ1v) is 7.75. The normalized spacial score (nSPS) is 12.5. The molecule has 0 radical (unpaired) electrons. The molecule has 0 saturated heterocycles. The highest BCUT2D eigenvalue weighted by atomic mass is 16.6. The van der Waals surface area contributed by atoms with Crippen LogP contribution in [0.25, 0.3) is 0 Å². The van der Waals surface area contributed by atoms with Crippen LogP contribution in [-0.4, -0.2) is 24.1 Å². The molecule has 0 aliphatic carbocycles. The Hall–Kier alpha value is -3.48. The second-order valence-electron chi connectivity index (χ2n) is 5.35. The van der Waals surface area contributed by atoms with E-state index in [2.05, 4.69) is 15.6 Å². The maximum Gasteiger partial charge on any atom is 0.292 e. The van der Waals surface area contributed by atoms with Gasteiger partial charge in [-0.15, -0.1) is 0 Å². The first-order chi connectivity index (χ1) is 12.3. The predicted molar refractivity (Wildman–Crippen MR) is 91.6 cm³/mol. The van der Waals surface area contributed by atoms with Gasteiger partial charge in [0.2, 0.25) is 0 Å². The SMILES string of the molecule is O=C(Nc1ccc(Nc2ccc3c(c2)OCCO3)cn1)c1ccco1. The van der Waals surface area contributed by atoms with Crippen LogP contribution in [0.3, 0.4) is 0 Å². The molecule has 1 amide bonds. The van der Waals surface area contributed by atoms with Gasteiger partial charge >= 0.3 is 0 Å². The summed E-state index contributed by atoms with van der Waals surface area (Å²) < 4.78 is 16.1. The van der Waals surface area contributed by atoms with Crippen LogP contribution in [0.1, 0.15) is 10.6 Å². The molecule has 0 saturated carbocycles. The Balaban J connectivity index is 1.43. The van der Waals surface area contributed by atoms with Gasteiger partial charge in [0.1, 0.15) is 19.0 Å². The van der Waals surface area contributed by atoms with Crippen molar-refractivity contribution in [2.45, 2.75) is 0 Å². The molecular formula is C18H15N3O4. The van der Waals surface area contributed by atoms with E-state index in [1.54, 1.807) is 24.4 Å². The number of carbonyl (C=O) groups excluding carboxylic acids is 1. The standard InChI is InChI=1S/C18H15N3O4/c22-18(15-2-1-7-23-15)21-17-6-4-13(11-19-17)20-12-3-5-14-16(10-12)25-9-8-24-14/h1-7,10-11,20H,8-9H2,(H,19,21,22). The van der Waals surface area contributed by atoms with Crippen LogP contribution in [0.15, 0.2) is 59.3 Å². The number of nitrogens with zero attached hydrogens (tertiary/aromatic N) is 1. The summed E-state index contributed by atoms with van der Waals surface area (Å²) in [5, 5.41) is 5.90. The molecule has 0 bridgehead atoms. The average molecular weight is 337 g/mol. The largest absolute Gasteiger partial charge is 0.486 e. The van der Waals surface area contributed by atoms with Crippen LogP contribution in [0, 0.1) is 0 Å². The topological polar surface area (TPSA) is 85.6 Å². The lowest BCUT2D eigenvalue weighted by molar-refractivity contribution is 0.0996. The number of pyridine rings is 1. The number of fused-ring (bicyclic) bond motifs is 1. The number of anilines is 3. The lowest BCUT2D eigenvalue weighted by Gasteiger charge is -2.19. The number of hydrogen-bond donors (Lipinski definition) is 2. The maximum atomic E-state index is 11.9. The van der Waals surface area contributed by atoms with Gasteiger partial charge in [-0.3, -0.25) is 4.79 Å². The summed E-state index contributed by atoms with van der Waals surface area (Å²) in [7, 11) is 0. The van der Waals surface area contributed by atoms with E-state index in [0.29, 0.717) is 24.8 Å². The van der Waals surface area contributed by atoms with Crippen molar-refractivity contribution < 1.29 is 18.7 Å². The van der Waals surface area contributed by atoms with E-state index in [0.717, 1.165) is 17.1 Å². The van der Waals surface area contributed by atoms with Gasteiger partial charge in [-0.1, -0.05) is 0 Å². The second kappa shape index (κ2) is 6.56. The van der Waals surface area contributed by atoms with Gasteiger partial charge in [0.15, 0.2) is 17.3 Å². The van der Waals surface area contributed by atoms with Crippen molar-refractivity contribution in [2.75, 3.05) is 23.8 Å². The van der Waals surface area contributed by atoms with E-state index in [1.807, 2.05) is 24.3 Å². The molecule has 25 heavy (non-hydrogen) atoms. The third-order valence-electron chi connectivity index (χ3n) is 3.58. The van der Waals surface area contributed by atoms with Crippen LogP contribution >= 0.6 is 0 Å². The zero-order valence-electron chi connectivity index (χ0n) is 13.2. The molecule has 4 rings (SSSR count).